The van der Waals surface area contributed by atoms with Crippen molar-refractivity contribution in [1.82, 2.24) is 9.80 Å². The second-order valence-corrected chi connectivity index (χ2v) is 8.85. The van der Waals surface area contributed by atoms with Crippen LogP contribution in [0.5, 0.6) is 5.75 Å². The Kier molecular flexibility index (Phi) is 6.09. The molecule has 0 aromatic heterocycles. The van der Waals surface area contributed by atoms with Crippen molar-refractivity contribution < 1.29 is 19.4 Å². The molecule has 1 N–H and O–H groups in total. The number of amides is 2. The van der Waals surface area contributed by atoms with Gasteiger partial charge in [-0.25, -0.2) is 0 Å². The molecule has 0 unspecified atom stereocenters. The van der Waals surface area contributed by atoms with E-state index in [4.69, 9.17) is 4.74 Å². The second kappa shape index (κ2) is 8.74. The molecule has 0 spiro atoms. The Morgan fingerprint density at radius 1 is 1.07 bits per heavy atom. The molecule has 1 aromatic carbocycles. The van der Waals surface area contributed by atoms with Gasteiger partial charge >= 0.3 is 0 Å². The smallest absolute Gasteiger partial charge is 0.257 e. The number of rotatable bonds is 2. The average Bonchev–Trinajstić information content (AvgIpc) is 3.60. The first-order chi connectivity index (χ1) is 14.1. The Morgan fingerprint density at radius 2 is 1.83 bits per heavy atom. The van der Waals surface area contributed by atoms with Crippen LogP contribution in [-0.4, -0.2) is 66.1 Å². The lowest BCUT2D eigenvalue weighted by atomic mass is 9.75. The van der Waals surface area contributed by atoms with Crippen LogP contribution in [0.3, 0.4) is 0 Å². The maximum Gasteiger partial charge on any atom is 0.257 e. The van der Waals surface area contributed by atoms with E-state index in [1.54, 1.807) is 0 Å². The minimum atomic E-state index is -0.0989. The van der Waals surface area contributed by atoms with Crippen molar-refractivity contribution in [2.75, 3.05) is 39.4 Å². The Morgan fingerprint density at radius 3 is 2.55 bits per heavy atom. The predicted molar refractivity (Wildman–Crippen MR) is 110 cm³/mol. The topological polar surface area (TPSA) is 70.1 Å². The molecule has 1 aliphatic carbocycles. The monoisotopic (exact) mass is 400 g/mol. The van der Waals surface area contributed by atoms with Crippen LogP contribution in [-0.2, 0) is 4.79 Å². The first-order valence-corrected chi connectivity index (χ1v) is 11.0. The molecule has 0 radical (unpaired) electrons. The van der Waals surface area contributed by atoms with Crippen molar-refractivity contribution >= 4 is 11.8 Å². The summed E-state index contributed by atoms with van der Waals surface area (Å²) in [5, 5.41) is 10.1. The van der Waals surface area contributed by atoms with Gasteiger partial charge in [0.2, 0.25) is 5.91 Å². The summed E-state index contributed by atoms with van der Waals surface area (Å²) in [5.74, 6) is 1.02. The number of ether oxygens (including phenoxy) is 1. The van der Waals surface area contributed by atoms with Crippen LogP contribution in [0.4, 0.5) is 0 Å². The van der Waals surface area contributed by atoms with E-state index in [1.165, 1.54) is 0 Å². The highest BCUT2D eigenvalue weighted by molar-refractivity contribution is 5.97. The number of hydrogen-bond donors (Lipinski definition) is 1. The number of nitrogens with zero attached hydrogens (tertiary/aromatic N) is 2. The van der Waals surface area contributed by atoms with Gasteiger partial charge in [-0.05, 0) is 56.1 Å². The number of piperidine rings is 1. The first-order valence-electron chi connectivity index (χ1n) is 11.0. The Hall–Kier alpha value is -2.08. The minimum Gasteiger partial charge on any atom is -0.491 e. The predicted octanol–water partition coefficient (Wildman–Crippen LogP) is 2.70. The summed E-state index contributed by atoms with van der Waals surface area (Å²) in [6.45, 7) is 3.18. The summed E-state index contributed by atoms with van der Waals surface area (Å²) in [4.78, 5) is 29.6. The molecule has 4 aliphatic rings. The van der Waals surface area contributed by atoms with Gasteiger partial charge in [0.25, 0.3) is 5.91 Å². The second-order valence-electron chi connectivity index (χ2n) is 8.85. The van der Waals surface area contributed by atoms with Crippen LogP contribution in [0.15, 0.2) is 24.3 Å². The number of benzene rings is 1. The maximum absolute atomic E-state index is 13.1. The van der Waals surface area contributed by atoms with E-state index in [0.29, 0.717) is 37.6 Å². The summed E-state index contributed by atoms with van der Waals surface area (Å²) >= 11 is 0. The van der Waals surface area contributed by atoms with Crippen molar-refractivity contribution in [2.45, 2.75) is 44.9 Å². The van der Waals surface area contributed by atoms with Crippen molar-refractivity contribution in [3.63, 3.8) is 0 Å². The number of fused-ring (bicyclic) bond motifs is 9. The van der Waals surface area contributed by atoms with Crippen molar-refractivity contribution in [2.24, 2.45) is 11.3 Å². The zero-order valence-corrected chi connectivity index (χ0v) is 17.1. The van der Waals surface area contributed by atoms with Gasteiger partial charge in [-0.15, -0.1) is 0 Å². The standard InChI is InChI=1S/C23H32N2O4/c26-17-23-9-3-4-12-24(21(27)18-7-8-18)15-16-29-20-6-2-1-5-19(20)22(28)25(13-10-23)14-11-23/h1-2,5-6,18,26H,3-4,7-17H2. The lowest BCUT2D eigenvalue weighted by Crippen LogP contribution is -2.44. The van der Waals surface area contributed by atoms with Crippen LogP contribution < -0.4 is 4.74 Å². The molecular formula is C23H32N2O4. The molecule has 1 saturated carbocycles. The van der Waals surface area contributed by atoms with E-state index >= 15 is 0 Å². The van der Waals surface area contributed by atoms with Gasteiger partial charge in [0, 0.05) is 32.2 Å². The Balaban J connectivity index is 1.55. The number of hydrogen-bond acceptors (Lipinski definition) is 4. The fourth-order valence-corrected chi connectivity index (χ4v) is 4.60. The van der Waals surface area contributed by atoms with Gasteiger partial charge in [-0.1, -0.05) is 18.6 Å². The molecule has 29 heavy (non-hydrogen) atoms. The molecule has 6 nitrogen and oxygen atoms in total. The highest BCUT2D eigenvalue weighted by Gasteiger charge is 2.36. The van der Waals surface area contributed by atoms with Gasteiger partial charge in [0.15, 0.2) is 0 Å². The van der Waals surface area contributed by atoms with Crippen LogP contribution >= 0.6 is 0 Å². The van der Waals surface area contributed by atoms with E-state index in [0.717, 1.165) is 51.5 Å². The van der Waals surface area contributed by atoms with Crippen molar-refractivity contribution in [1.29, 1.82) is 0 Å². The molecule has 2 amide bonds. The Bertz CT molecular complexity index is 738. The van der Waals surface area contributed by atoms with E-state index in [1.807, 2.05) is 34.1 Å². The summed E-state index contributed by atoms with van der Waals surface area (Å²) in [5.41, 5.74) is 0.483. The molecule has 2 bridgehead atoms. The SMILES string of the molecule is O=C1c2ccccc2OCCN(C(=O)C2CC2)CCCCC2(CO)CCN1CC2. The number of carbonyl (C=O) groups excluding carboxylic acids is 2. The van der Waals surface area contributed by atoms with Crippen LogP contribution in [0.25, 0.3) is 0 Å². The number of carbonyl (C=O) groups is 2. The molecule has 6 heteroatoms. The quantitative estimate of drug-likeness (QED) is 0.829. The van der Waals surface area contributed by atoms with Crippen molar-refractivity contribution in [3.8, 4) is 5.75 Å². The highest BCUT2D eigenvalue weighted by Crippen LogP contribution is 2.37. The van der Waals surface area contributed by atoms with E-state index < -0.39 is 0 Å². The fraction of sp³-hybridized carbons (Fsp3) is 0.652. The lowest BCUT2D eigenvalue weighted by molar-refractivity contribution is -0.133. The Labute approximate surface area is 172 Å². The highest BCUT2D eigenvalue weighted by atomic mass is 16.5. The zero-order valence-electron chi connectivity index (χ0n) is 17.1. The normalized spacial score (nSPS) is 23.0. The third-order valence-corrected chi connectivity index (χ3v) is 6.81. The van der Waals surface area contributed by atoms with Gasteiger partial charge < -0.3 is 19.6 Å². The van der Waals surface area contributed by atoms with Gasteiger partial charge in [-0.3, -0.25) is 9.59 Å². The largest absolute Gasteiger partial charge is 0.491 e. The molecule has 158 valence electrons. The van der Waals surface area contributed by atoms with E-state index in [2.05, 4.69) is 0 Å². The summed E-state index contributed by atoms with van der Waals surface area (Å²) in [7, 11) is 0. The summed E-state index contributed by atoms with van der Waals surface area (Å²) in [6.07, 6.45) is 6.52. The van der Waals surface area contributed by atoms with Crippen molar-refractivity contribution in [3.05, 3.63) is 29.8 Å². The molecule has 0 atom stereocenters. The van der Waals surface area contributed by atoms with E-state index in [9.17, 15) is 14.7 Å². The van der Waals surface area contributed by atoms with Gasteiger partial charge in [0.05, 0.1) is 12.1 Å². The summed E-state index contributed by atoms with van der Waals surface area (Å²) < 4.78 is 5.98. The maximum atomic E-state index is 13.1. The molecule has 1 aromatic rings. The van der Waals surface area contributed by atoms with E-state index in [-0.39, 0.29) is 29.8 Å². The lowest BCUT2D eigenvalue weighted by Gasteiger charge is -2.41. The van der Waals surface area contributed by atoms with Crippen LogP contribution in [0.1, 0.15) is 55.3 Å². The molecule has 5 rings (SSSR count). The van der Waals surface area contributed by atoms with Gasteiger partial charge in [0.1, 0.15) is 12.4 Å². The fourth-order valence-electron chi connectivity index (χ4n) is 4.60. The zero-order chi connectivity index (χ0) is 20.3. The van der Waals surface area contributed by atoms with Crippen LogP contribution in [0.2, 0.25) is 0 Å². The van der Waals surface area contributed by atoms with Gasteiger partial charge in [-0.2, -0.15) is 0 Å². The number of para-hydroxylation sites is 1. The third-order valence-electron chi connectivity index (χ3n) is 6.81. The first kappa shape index (κ1) is 20.2. The molecule has 1 saturated heterocycles. The molecular weight excluding hydrogens is 368 g/mol. The molecule has 2 fully saturated rings. The third kappa shape index (κ3) is 4.58. The summed E-state index contributed by atoms with van der Waals surface area (Å²) in [6, 6.07) is 7.39. The molecule has 3 aliphatic heterocycles. The number of aliphatic hydroxyl groups excluding tert-OH is 1. The van der Waals surface area contributed by atoms with Crippen LogP contribution in [0, 0.1) is 11.3 Å². The number of aliphatic hydroxyl groups is 1. The molecule has 3 heterocycles. The minimum absolute atomic E-state index is 0.00655. The average molecular weight is 401 g/mol.